The second kappa shape index (κ2) is 5.54. The van der Waals surface area contributed by atoms with Gasteiger partial charge in [0.2, 0.25) is 0 Å². The molecular formula is C15H13N3O2S. The minimum atomic E-state index is -0.513. The number of fused-ring (bicyclic) bond motifs is 1. The van der Waals surface area contributed by atoms with Crippen LogP contribution in [0.3, 0.4) is 0 Å². The van der Waals surface area contributed by atoms with Crippen molar-refractivity contribution < 1.29 is 4.92 Å². The zero-order chi connectivity index (χ0) is 14.8. The average molecular weight is 299 g/mol. The summed E-state index contributed by atoms with van der Waals surface area (Å²) in [7, 11) is 0. The normalized spacial score (nSPS) is 16.8. The van der Waals surface area contributed by atoms with Gasteiger partial charge in [0.1, 0.15) is 11.6 Å². The van der Waals surface area contributed by atoms with Crippen molar-refractivity contribution in [3.05, 3.63) is 55.8 Å². The Morgan fingerprint density at radius 1 is 1.43 bits per heavy atom. The highest BCUT2D eigenvalue weighted by atomic mass is 32.1. The first kappa shape index (κ1) is 13.6. The molecule has 0 bridgehead atoms. The number of rotatable bonds is 3. The van der Waals surface area contributed by atoms with Crippen molar-refractivity contribution in [3.63, 3.8) is 0 Å². The van der Waals surface area contributed by atoms with E-state index in [-0.39, 0.29) is 17.3 Å². The summed E-state index contributed by atoms with van der Waals surface area (Å²) < 4.78 is 0. The Kier molecular flexibility index (Phi) is 3.59. The highest BCUT2D eigenvalue weighted by Gasteiger charge is 2.22. The van der Waals surface area contributed by atoms with Gasteiger partial charge >= 0.3 is 0 Å². The number of hydrogen-bond donors (Lipinski definition) is 1. The molecule has 0 fully saturated rings. The van der Waals surface area contributed by atoms with E-state index in [1.54, 1.807) is 17.4 Å². The predicted molar refractivity (Wildman–Crippen MR) is 81.4 cm³/mol. The van der Waals surface area contributed by atoms with Gasteiger partial charge in [-0.25, -0.2) is 0 Å². The van der Waals surface area contributed by atoms with Crippen molar-refractivity contribution in [1.82, 2.24) is 0 Å². The molecule has 3 rings (SSSR count). The Labute approximate surface area is 126 Å². The summed E-state index contributed by atoms with van der Waals surface area (Å²) in [5.74, 6) is 0. The second-order valence-corrected chi connectivity index (χ2v) is 5.99. The molecular weight excluding hydrogens is 286 g/mol. The molecule has 5 nitrogen and oxygen atoms in total. The molecule has 0 aliphatic heterocycles. The maximum atomic E-state index is 11.0. The summed E-state index contributed by atoms with van der Waals surface area (Å²) in [5.41, 5.74) is 1.91. The van der Waals surface area contributed by atoms with E-state index in [1.165, 1.54) is 22.6 Å². The fourth-order valence-electron chi connectivity index (χ4n) is 2.70. The third kappa shape index (κ3) is 2.60. The van der Waals surface area contributed by atoms with Gasteiger partial charge < -0.3 is 5.32 Å². The number of anilines is 1. The third-order valence-corrected chi connectivity index (χ3v) is 4.70. The monoisotopic (exact) mass is 299 g/mol. The van der Waals surface area contributed by atoms with Crippen LogP contribution in [-0.2, 0) is 6.42 Å². The van der Waals surface area contributed by atoms with E-state index in [2.05, 4.69) is 16.8 Å². The van der Waals surface area contributed by atoms with Gasteiger partial charge in [-0.2, -0.15) is 5.26 Å². The van der Waals surface area contributed by atoms with E-state index < -0.39 is 4.92 Å². The van der Waals surface area contributed by atoms with E-state index >= 15 is 0 Å². The molecule has 0 saturated heterocycles. The molecule has 1 atom stereocenters. The van der Waals surface area contributed by atoms with Crippen LogP contribution in [0.4, 0.5) is 11.4 Å². The Bertz CT molecular complexity index is 733. The lowest BCUT2D eigenvalue weighted by molar-refractivity contribution is -0.385. The molecule has 106 valence electrons. The molecule has 1 unspecified atom stereocenters. The topological polar surface area (TPSA) is 79.0 Å². The quantitative estimate of drug-likeness (QED) is 0.685. The van der Waals surface area contributed by atoms with Crippen LogP contribution in [0, 0.1) is 21.4 Å². The number of nitriles is 1. The minimum Gasteiger partial charge on any atom is -0.378 e. The van der Waals surface area contributed by atoms with Crippen LogP contribution in [0.15, 0.2) is 29.6 Å². The molecule has 0 saturated carbocycles. The van der Waals surface area contributed by atoms with Crippen LogP contribution in [0.25, 0.3) is 0 Å². The fraction of sp³-hybridized carbons (Fsp3) is 0.267. The lowest BCUT2D eigenvalue weighted by atomic mass is 9.94. The molecule has 1 N–H and O–H groups in total. The average Bonchev–Trinajstić information content (AvgIpc) is 2.96. The first-order valence-electron chi connectivity index (χ1n) is 6.70. The largest absolute Gasteiger partial charge is 0.378 e. The molecule has 2 aromatic rings. The number of aryl methyl sites for hydroxylation is 1. The summed E-state index contributed by atoms with van der Waals surface area (Å²) in [6.07, 6.45) is 3.24. The maximum Gasteiger partial charge on any atom is 0.289 e. The van der Waals surface area contributed by atoms with Gasteiger partial charge in [0.25, 0.3) is 5.69 Å². The minimum absolute atomic E-state index is 0.0883. The van der Waals surface area contributed by atoms with Crippen molar-refractivity contribution in [2.75, 3.05) is 5.32 Å². The lowest BCUT2D eigenvalue weighted by Crippen LogP contribution is -2.15. The van der Waals surface area contributed by atoms with E-state index in [9.17, 15) is 10.1 Å². The van der Waals surface area contributed by atoms with E-state index in [1.807, 2.05) is 6.07 Å². The highest BCUT2D eigenvalue weighted by molar-refractivity contribution is 7.10. The first-order chi connectivity index (χ1) is 10.2. The molecule has 1 aromatic carbocycles. The number of nitro benzene ring substituents is 1. The molecule has 1 heterocycles. The zero-order valence-corrected chi connectivity index (χ0v) is 12.0. The molecule has 21 heavy (non-hydrogen) atoms. The van der Waals surface area contributed by atoms with Gasteiger partial charge in [-0.05, 0) is 48.4 Å². The van der Waals surface area contributed by atoms with E-state index in [4.69, 9.17) is 5.26 Å². The van der Waals surface area contributed by atoms with Crippen LogP contribution in [0.5, 0.6) is 0 Å². The molecule has 1 aliphatic carbocycles. The summed E-state index contributed by atoms with van der Waals surface area (Å²) >= 11 is 1.76. The van der Waals surface area contributed by atoms with Crippen LogP contribution in [0.2, 0.25) is 0 Å². The summed E-state index contributed by atoms with van der Waals surface area (Å²) in [6, 6.07) is 8.83. The van der Waals surface area contributed by atoms with Crippen LogP contribution in [0.1, 0.15) is 34.9 Å². The number of thiophene rings is 1. The summed E-state index contributed by atoms with van der Waals surface area (Å²) in [6.45, 7) is 0. The van der Waals surface area contributed by atoms with Crippen LogP contribution in [-0.4, -0.2) is 4.92 Å². The fourth-order valence-corrected chi connectivity index (χ4v) is 3.69. The Hall–Kier alpha value is -2.39. The molecule has 0 amide bonds. The Morgan fingerprint density at radius 2 is 2.29 bits per heavy atom. The first-order valence-corrected chi connectivity index (χ1v) is 7.58. The maximum absolute atomic E-state index is 11.0. The van der Waals surface area contributed by atoms with Gasteiger partial charge in [-0.3, -0.25) is 10.1 Å². The van der Waals surface area contributed by atoms with E-state index in [0.717, 1.165) is 19.3 Å². The van der Waals surface area contributed by atoms with Crippen LogP contribution < -0.4 is 5.32 Å². The summed E-state index contributed by atoms with van der Waals surface area (Å²) in [4.78, 5) is 11.9. The number of hydrogen-bond acceptors (Lipinski definition) is 5. The van der Waals surface area contributed by atoms with Gasteiger partial charge in [0.05, 0.1) is 11.0 Å². The third-order valence-electron chi connectivity index (χ3n) is 3.71. The van der Waals surface area contributed by atoms with Crippen molar-refractivity contribution in [3.8, 4) is 6.07 Å². The number of benzene rings is 1. The zero-order valence-electron chi connectivity index (χ0n) is 11.2. The van der Waals surface area contributed by atoms with Gasteiger partial charge in [0.15, 0.2) is 0 Å². The standard InChI is InChI=1S/C15H13N3O2S/c16-9-10-4-5-11(8-14(10)18(19)20)17-13-2-1-3-15-12(13)6-7-21-15/h4-8,13,17H,1-3H2. The number of nitrogens with one attached hydrogen (secondary N) is 1. The van der Waals surface area contributed by atoms with Crippen molar-refractivity contribution in [2.45, 2.75) is 25.3 Å². The smallest absolute Gasteiger partial charge is 0.289 e. The summed E-state index contributed by atoms with van der Waals surface area (Å²) in [5, 5.41) is 25.4. The SMILES string of the molecule is N#Cc1ccc(NC2CCCc3sccc32)cc1[N+](=O)[O-]. The van der Waals surface area contributed by atoms with Crippen molar-refractivity contribution >= 4 is 22.7 Å². The van der Waals surface area contributed by atoms with Gasteiger partial charge in [0, 0.05) is 16.6 Å². The second-order valence-electron chi connectivity index (χ2n) is 4.99. The molecule has 6 heteroatoms. The van der Waals surface area contributed by atoms with Gasteiger partial charge in [-0.1, -0.05) is 0 Å². The number of nitro groups is 1. The Morgan fingerprint density at radius 3 is 3.05 bits per heavy atom. The molecule has 1 aliphatic rings. The molecule has 1 aromatic heterocycles. The van der Waals surface area contributed by atoms with E-state index in [0.29, 0.717) is 5.69 Å². The van der Waals surface area contributed by atoms with Crippen molar-refractivity contribution in [1.29, 1.82) is 5.26 Å². The molecule has 0 spiro atoms. The van der Waals surface area contributed by atoms with Crippen molar-refractivity contribution in [2.24, 2.45) is 0 Å². The lowest BCUT2D eigenvalue weighted by Gasteiger charge is -2.24. The van der Waals surface area contributed by atoms with Crippen LogP contribution >= 0.6 is 11.3 Å². The molecule has 0 radical (unpaired) electrons. The highest BCUT2D eigenvalue weighted by Crippen LogP contribution is 2.36. The number of nitrogens with zero attached hydrogens (tertiary/aromatic N) is 2. The Balaban J connectivity index is 1.89. The van der Waals surface area contributed by atoms with Gasteiger partial charge in [-0.15, -0.1) is 11.3 Å². The predicted octanol–water partition coefficient (Wildman–Crippen LogP) is 4.02.